The molecule has 0 radical (unpaired) electrons. The SMILES string of the molecule is COc1ccc(C(=O)NCC(O)c2c(Br)nc(-c3csc4c(F)cccc34)n2COCC[Si](C)(C)C)cc1OC. The van der Waals surface area contributed by atoms with E-state index in [1.165, 1.54) is 31.6 Å². The van der Waals surface area contributed by atoms with Gasteiger partial charge in [-0.15, -0.1) is 11.3 Å². The van der Waals surface area contributed by atoms with Crippen LogP contribution in [0.1, 0.15) is 22.2 Å². The monoisotopic (exact) mass is 649 g/mol. The summed E-state index contributed by atoms with van der Waals surface area (Å²) in [4.78, 5) is 17.6. The lowest BCUT2D eigenvalue weighted by atomic mass is 10.1. The van der Waals surface area contributed by atoms with Crippen LogP contribution in [0.25, 0.3) is 21.5 Å². The largest absolute Gasteiger partial charge is 0.493 e. The molecular formula is C28H33BrFN3O5SSi. The number of halogens is 2. The Morgan fingerprint density at radius 2 is 1.95 bits per heavy atom. The topological polar surface area (TPSA) is 94.8 Å². The van der Waals surface area contributed by atoms with Crippen molar-refractivity contribution in [3.8, 4) is 22.9 Å². The van der Waals surface area contributed by atoms with E-state index in [-0.39, 0.29) is 25.0 Å². The first-order chi connectivity index (χ1) is 19.0. The molecule has 1 atom stereocenters. The van der Waals surface area contributed by atoms with E-state index in [0.717, 1.165) is 17.0 Å². The number of benzene rings is 2. The molecule has 2 aromatic heterocycles. The Morgan fingerprint density at radius 3 is 2.65 bits per heavy atom. The molecule has 0 fully saturated rings. The van der Waals surface area contributed by atoms with Crippen molar-refractivity contribution in [2.75, 3.05) is 27.4 Å². The third-order valence-electron chi connectivity index (χ3n) is 6.39. The van der Waals surface area contributed by atoms with Gasteiger partial charge in [0.2, 0.25) is 0 Å². The van der Waals surface area contributed by atoms with Gasteiger partial charge in [0.05, 0.1) is 24.6 Å². The number of nitrogens with zero attached hydrogens (tertiary/aromatic N) is 2. The van der Waals surface area contributed by atoms with Gasteiger partial charge in [-0.1, -0.05) is 31.8 Å². The van der Waals surface area contributed by atoms with Gasteiger partial charge < -0.3 is 29.2 Å². The zero-order chi connectivity index (χ0) is 29.0. The van der Waals surface area contributed by atoms with Crippen LogP contribution in [0, 0.1) is 5.82 Å². The standard InChI is InChI=1S/C28H33BrFN3O5SSi/c1-36-22-10-9-17(13-23(22)37-2)28(35)31-14-21(34)24-26(29)32-27(33(24)16-38-11-12-40(3,4)5)19-15-39-25-18(19)7-6-8-20(25)30/h6-10,13,15,21,34H,11-12,14,16H2,1-5H3,(H,31,35). The number of methoxy groups -OCH3 is 2. The highest BCUT2D eigenvalue weighted by atomic mass is 79.9. The van der Waals surface area contributed by atoms with Crippen LogP contribution >= 0.6 is 27.3 Å². The van der Waals surface area contributed by atoms with E-state index in [1.54, 1.807) is 28.8 Å². The summed E-state index contributed by atoms with van der Waals surface area (Å²) < 4.78 is 33.8. The van der Waals surface area contributed by atoms with Crippen molar-refractivity contribution in [3.63, 3.8) is 0 Å². The van der Waals surface area contributed by atoms with Crippen molar-refractivity contribution < 1.29 is 28.5 Å². The normalized spacial score (nSPS) is 12.5. The number of amides is 1. The highest BCUT2D eigenvalue weighted by molar-refractivity contribution is 9.10. The van der Waals surface area contributed by atoms with Crippen molar-refractivity contribution in [2.45, 2.75) is 38.5 Å². The van der Waals surface area contributed by atoms with Crippen molar-refractivity contribution in [1.82, 2.24) is 14.9 Å². The van der Waals surface area contributed by atoms with E-state index < -0.39 is 14.2 Å². The average molecular weight is 651 g/mol. The van der Waals surface area contributed by atoms with E-state index in [0.29, 0.717) is 44.5 Å². The zero-order valence-electron chi connectivity index (χ0n) is 23.1. The number of ether oxygens (including phenoxy) is 3. The molecule has 0 aliphatic heterocycles. The second-order valence-electron chi connectivity index (χ2n) is 10.4. The van der Waals surface area contributed by atoms with Gasteiger partial charge in [-0.2, -0.15) is 0 Å². The maximum absolute atomic E-state index is 14.5. The van der Waals surface area contributed by atoms with E-state index >= 15 is 0 Å². The van der Waals surface area contributed by atoms with Gasteiger partial charge in [0.1, 0.15) is 29.1 Å². The Kier molecular flexibility index (Phi) is 9.67. The fourth-order valence-electron chi connectivity index (χ4n) is 4.18. The molecule has 0 bridgehead atoms. The van der Waals surface area contributed by atoms with Crippen LogP contribution < -0.4 is 14.8 Å². The molecular weight excluding hydrogens is 617 g/mol. The summed E-state index contributed by atoms with van der Waals surface area (Å²) >= 11 is 4.80. The first-order valence-electron chi connectivity index (χ1n) is 12.7. The third kappa shape index (κ3) is 6.74. The van der Waals surface area contributed by atoms with Crippen molar-refractivity contribution >= 4 is 51.3 Å². The lowest BCUT2D eigenvalue weighted by Gasteiger charge is -2.19. The quantitative estimate of drug-likeness (QED) is 0.135. The molecule has 214 valence electrons. The highest BCUT2D eigenvalue weighted by Gasteiger charge is 2.26. The maximum atomic E-state index is 14.5. The molecule has 40 heavy (non-hydrogen) atoms. The molecule has 0 aliphatic carbocycles. The summed E-state index contributed by atoms with van der Waals surface area (Å²) in [5.74, 6) is 0.797. The lowest BCUT2D eigenvalue weighted by molar-refractivity contribution is 0.0754. The minimum atomic E-state index is -1.32. The predicted octanol–water partition coefficient (Wildman–Crippen LogP) is 6.46. The molecule has 4 aromatic rings. The molecule has 2 heterocycles. The number of aliphatic hydroxyl groups is 1. The average Bonchev–Trinajstić information content (AvgIpc) is 3.49. The molecule has 2 aromatic carbocycles. The maximum Gasteiger partial charge on any atom is 0.251 e. The van der Waals surface area contributed by atoms with Gasteiger partial charge in [0, 0.05) is 43.1 Å². The highest BCUT2D eigenvalue weighted by Crippen LogP contribution is 2.38. The summed E-state index contributed by atoms with van der Waals surface area (Å²) in [5, 5.41) is 16.6. The van der Waals surface area contributed by atoms with E-state index in [9.17, 15) is 14.3 Å². The summed E-state index contributed by atoms with van der Waals surface area (Å²) in [6, 6.07) is 10.8. The second kappa shape index (κ2) is 12.8. The number of carbonyl (C=O) groups excluding carboxylic acids is 1. The van der Waals surface area contributed by atoms with E-state index in [2.05, 4.69) is 40.9 Å². The van der Waals surface area contributed by atoms with Crippen LogP contribution in [0.15, 0.2) is 46.4 Å². The van der Waals surface area contributed by atoms with Crippen LogP contribution in [0.5, 0.6) is 11.5 Å². The number of nitrogens with one attached hydrogen (secondary N) is 1. The summed E-state index contributed by atoms with van der Waals surface area (Å²) in [7, 11) is 1.70. The first-order valence-corrected chi connectivity index (χ1v) is 18.1. The van der Waals surface area contributed by atoms with Gasteiger partial charge >= 0.3 is 0 Å². The number of aromatic nitrogens is 2. The lowest BCUT2D eigenvalue weighted by Crippen LogP contribution is -2.29. The van der Waals surface area contributed by atoms with E-state index in [1.807, 2.05) is 11.4 Å². The minimum Gasteiger partial charge on any atom is -0.493 e. The van der Waals surface area contributed by atoms with Crippen LogP contribution in [-0.4, -0.2) is 56.0 Å². The molecule has 0 spiro atoms. The van der Waals surface area contributed by atoms with Gasteiger partial charge in [-0.25, -0.2) is 9.37 Å². The summed E-state index contributed by atoms with van der Waals surface area (Å²) in [5.41, 5.74) is 1.55. The van der Waals surface area contributed by atoms with E-state index in [4.69, 9.17) is 19.2 Å². The number of imidazole rings is 1. The molecule has 4 rings (SSSR count). The van der Waals surface area contributed by atoms with Gasteiger partial charge in [-0.05, 0) is 46.2 Å². The fraction of sp³-hybridized carbons (Fsp3) is 0.357. The van der Waals surface area contributed by atoms with Gasteiger partial charge in [0.15, 0.2) is 11.5 Å². The van der Waals surface area contributed by atoms with Crippen LogP contribution in [0.2, 0.25) is 25.7 Å². The number of aliphatic hydroxyl groups excluding tert-OH is 1. The molecule has 0 aliphatic rings. The minimum absolute atomic E-state index is 0.0785. The van der Waals surface area contributed by atoms with Crippen molar-refractivity contribution in [3.05, 3.63) is 63.5 Å². The number of hydrogen-bond donors (Lipinski definition) is 2. The third-order valence-corrected chi connectivity index (χ3v) is 9.68. The summed E-state index contributed by atoms with van der Waals surface area (Å²) in [6.07, 6.45) is -1.11. The fourth-order valence-corrected chi connectivity index (χ4v) is 6.54. The number of carbonyl (C=O) groups is 1. The van der Waals surface area contributed by atoms with Gasteiger partial charge in [-0.3, -0.25) is 4.79 Å². The Balaban J connectivity index is 1.61. The molecule has 8 nitrogen and oxygen atoms in total. The van der Waals surface area contributed by atoms with Crippen molar-refractivity contribution in [1.29, 1.82) is 0 Å². The van der Waals surface area contributed by atoms with Crippen LogP contribution in [0.3, 0.4) is 0 Å². The molecule has 0 saturated heterocycles. The zero-order valence-corrected chi connectivity index (χ0v) is 26.5. The molecule has 0 saturated carbocycles. The number of thiophene rings is 1. The van der Waals surface area contributed by atoms with Gasteiger partial charge in [0.25, 0.3) is 5.91 Å². The molecule has 1 amide bonds. The Bertz CT molecular complexity index is 1500. The predicted molar refractivity (Wildman–Crippen MR) is 162 cm³/mol. The molecule has 12 heteroatoms. The van der Waals surface area contributed by atoms with Crippen LogP contribution in [0.4, 0.5) is 4.39 Å². The number of hydrogen-bond acceptors (Lipinski definition) is 7. The second-order valence-corrected chi connectivity index (χ2v) is 17.7. The number of rotatable bonds is 12. The number of fused-ring (bicyclic) bond motifs is 1. The first kappa shape index (κ1) is 30.2. The Labute approximate surface area is 246 Å². The Hall–Kier alpha value is -2.77. The van der Waals surface area contributed by atoms with Crippen molar-refractivity contribution in [2.24, 2.45) is 0 Å². The molecule has 1 unspecified atom stereocenters. The Morgan fingerprint density at radius 1 is 1.20 bits per heavy atom. The molecule has 2 N–H and O–H groups in total. The van der Waals surface area contributed by atoms with Crippen LogP contribution in [-0.2, 0) is 11.5 Å². The smallest absolute Gasteiger partial charge is 0.251 e. The summed E-state index contributed by atoms with van der Waals surface area (Å²) in [6.45, 7) is 7.45.